The smallest absolute Gasteiger partial charge is 0.163 e. The van der Waals surface area contributed by atoms with Crippen LogP contribution in [0.25, 0.3) is 0 Å². The highest BCUT2D eigenvalue weighted by Gasteiger charge is 2.48. The van der Waals surface area contributed by atoms with Crippen LogP contribution in [-0.2, 0) is 14.3 Å². The van der Waals surface area contributed by atoms with Crippen LogP contribution < -0.4 is 0 Å². The first kappa shape index (κ1) is 8.20. The fourth-order valence-corrected chi connectivity index (χ4v) is 1.75. The van der Waals surface area contributed by atoms with E-state index >= 15 is 0 Å². The molecule has 0 bridgehead atoms. The highest BCUT2D eigenvalue weighted by Crippen LogP contribution is 2.44. The first-order chi connectivity index (χ1) is 5.62. The third kappa shape index (κ3) is 1.39. The molecule has 0 aromatic rings. The van der Waals surface area contributed by atoms with E-state index in [2.05, 4.69) is 0 Å². The summed E-state index contributed by atoms with van der Waals surface area (Å²) >= 11 is 0. The van der Waals surface area contributed by atoms with Crippen molar-refractivity contribution in [3.05, 3.63) is 0 Å². The van der Waals surface area contributed by atoms with E-state index in [1.54, 1.807) is 0 Å². The molecule has 1 saturated heterocycles. The largest absolute Gasteiger partial charge is 0.348 e. The van der Waals surface area contributed by atoms with Crippen LogP contribution >= 0.6 is 0 Å². The quantitative estimate of drug-likeness (QED) is 0.579. The summed E-state index contributed by atoms with van der Waals surface area (Å²) in [5, 5.41) is 0. The molecule has 0 unspecified atom stereocenters. The van der Waals surface area contributed by atoms with E-state index in [4.69, 9.17) is 9.47 Å². The van der Waals surface area contributed by atoms with Crippen molar-refractivity contribution in [3.8, 4) is 0 Å². The average Bonchev–Trinajstić information content (AvgIpc) is 2.70. The molecule has 3 nitrogen and oxygen atoms in total. The summed E-state index contributed by atoms with van der Waals surface area (Å²) in [6.45, 7) is 4.46. The van der Waals surface area contributed by atoms with Crippen LogP contribution in [0.3, 0.4) is 0 Å². The van der Waals surface area contributed by atoms with Gasteiger partial charge in [0.05, 0.1) is 12.7 Å². The molecule has 0 amide bonds. The van der Waals surface area contributed by atoms with Crippen molar-refractivity contribution in [2.75, 3.05) is 6.61 Å². The third-order valence-electron chi connectivity index (χ3n) is 2.57. The summed E-state index contributed by atoms with van der Waals surface area (Å²) in [5.41, 5.74) is 0. The molecule has 2 aliphatic rings. The van der Waals surface area contributed by atoms with Gasteiger partial charge in [-0.05, 0) is 26.2 Å². The Morgan fingerprint density at radius 2 is 2.25 bits per heavy atom. The summed E-state index contributed by atoms with van der Waals surface area (Å²) in [6, 6.07) is 0. The van der Waals surface area contributed by atoms with Crippen LogP contribution in [0.15, 0.2) is 0 Å². The molecule has 3 atom stereocenters. The van der Waals surface area contributed by atoms with Gasteiger partial charge in [-0.25, -0.2) is 0 Å². The van der Waals surface area contributed by atoms with Gasteiger partial charge >= 0.3 is 0 Å². The Labute approximate surface area is 72.0 Å². The fourth-order valence-electron chi connectivity index (χ4n) is 1.75. The van der Waals surface area contributed by atoms with Gasteiger partial charge in [-0.2, -0.15) is 0 Å². The van der Waals surface area contributed by atoms with Crippen LogP contribution in [0.4, 0.5) is 0 Å². The van der Waals surface area contributed by atoms with Crippen molar-refractivity contribution in [1.29, 1.82) is 0 Å². The van der Waals surface area contributed by atoms with Gasteiger partial charge in [0.1, 0.15) is 6.29 Å². The summed E-state index contributed by atoms with van der Waals surface area (Å²) in [6.07, 6.45) is 2.16. The minimum atomic E-state index is -0.444. The van der Waals surface area contributed by atoms with Crippen molar-refractivity contribution in [3.63, 3.8) is 0 Å². The lowest BCUT2D eigenvalue weighted by molar-refractivity contribution is -0.141. The molecule has 2 rings (SSSR count). The highest BCUT2D eigenvalue weighted by molar-refractivity contribution is 5.58. The molecule has 1 aliphatic heterocycles. The molecule has 0 radical (unpaired) electrons. The first-order valence-corrected chi connectivity index (χ1v) is 4.39. The number of hydrogen-bond donors (Lipinski definition) is 0. The molecular formula is C9H14O3. The zero-order valence-electron chi connectivity index (χ0n) is 7.45. The Balaban J connectivity index is 1.89. The molecular weight excluding hydrogens is 156 g/mol. The maximum atomic E-state index is 10.4. The highest BCUT2D eigenvalue weighted by atomic mass is 16.7. The second-order valence-corrected chi connectivity index (χ2v) is 4.07. The number of carbonyl (C=O) groups is 1. The molecule has 1 saturated carbocycles. The summed E-state index contributed by atoms with van der Waals surface area (Å²) in [5.74, 6) is 0.206. The topological polar surface area (TPSA) is 35.5 Å². The molecule has 0 spiro atoms. The maximum absolute atomic E-state index is 10.4. The molecule has 3 heteroatoms. The third-order valence-corrected chi connectivity index (χ3v) is 2.57. The molecule has 1 aliphatic carbocycles. The Morgan fingerprint density at radius 1 is 1.50 bits per heavy atom. The second kappa shape index (κ2) is 2.54. The average molecular weight is 170 g/mol. The first-order valence-electron chi connectivity index (χ1n) is 4.39. The van der Waals surface area contributed by atoms with Crippen LogP contribution in [0.5, 0.6) is 0 Å². The van der Waals surface area contributed by atoms with Crippen LogP contribution in [0.1, 0.15) is 20.3 Å². The lowest BCUT2D eigenvalue weighted by Crippen LogP contribution is -2.22. The van der Waals surface area contributed by atoms with Gasteiger partial charge in [0.25, 0.3) is 0 Å². The van der Waals surface area contributed by atoms with Gasteiger partial charge in [0.15, 0.2) is 5.79 Å². The van der Waals surface area contributed by atoms with Gasteiger partial charge in [-0.3, -0.25) is 0 Å². The summed E-state index contributed by atoms with van der Waals surface area (Å²) < 4.78 is 11.0. The number of aldehydes is 1. The number of hydrogen-bond acceptors (Lipinski definition) is 3. The molecule has 0 aromatic heterocycles. The Bertz CT molecular complexity index is 200. The zero-order chi connectivity index (χ0) is 8.77. The van der Waals surface area contributed by atoms with Crippen LogP contribution in [-0.4, -0.2) is 24.8 Å². The van der Waals surface area contributed by atoms with Gasteiger partial charge < -0.3 is 14.3 Å². The van der Waals surface area contributed by atoms with Crippen molar-refractivity contribution in [2.45, 2.75) is 32.2 Å². The van der Waals surface area contributed by atoms with Crippen molar-refractivity contribution in [2.24, 2.45) is 11.8 Å². The van der Waals surface area contributed by atoms with E-state index < -0.39 is 5.79 Å². The van der Waals surface area contributed by atoms with Gasteiger partial charge in [0.2, 0.25) is 0 Å². The predicted molar refractivity (Wildman–Crippen MR) is 42.6 cm³/mol. The van der Waals surface area contributed by atoms with Crippen molar-refractivity contribution in [1.82, 2.24) is 0 Å². The molecule has 12 heavy (non-hydrogen) atoms. The van der Waals surface area contributed by atoms with Gasteiger partial charge in [0, 0.05) is 5.92 Å². The van der Waals surface area contributed by atoms with E-state index in [1.807, 2.05) is 13.8 Å². The molecule has 68 valence electrons. The minimum Gasteiger partial charge on any atom is -0.348 e. The monoisotopic (exact) mass is 170 g/mol. The standard InChI is InChI=1S/C9H14O3/c1-9(2)11-5-8(12-9)7-3-6(7)4-10/h4,6-8H,3,5H2,1-2H3/t6-,7+,8+/m1/s1. The van der Waals surface area contributed by atoms with Gasteiger partial charge in [-0.1, -0.05) is 0 Å². The van der Waals surface area contributed by atoms with Crippen LogP contribution in [0.2, 0.25) is 0 Å². The van der Waals surface area contributed by atoms with Gasteiger partial charge in [-0.15, -0.1) is 0 Å². The van der Waals surface area contributed by atoms with Crippen molar-refractivity contribution < 1.29 is 14.3 Å². The van der Waals surface area contributed by atoms with Crippen LogP contribution in [0, 0.1) is 11.8 Å². The number of carbonyl (C=O) groups excluding carboxylic acids is 1. The normalized spacial score (nSPS) is 44.3. The fraction of sp³-hybridized carbons (Fsp3) is 0.889. The van der Waals surface area contributed by atoms with E-state index in [0.29, 0.717) is 12.5 Å². The maximum Gasteiger partial charge on any atom is 0.163 e. The Hall–Kier alpha value is -0.410. The lowest BCUT2D eigenvalue weighted by Gasteiger charge is -2.16. The SMILES string of the molecule is CC1(C)OC[C@@H]([C@H]2C[C@@H]2C=O)O1. The molecule has 0 N–H and O–H groups in total. The summed E-state index contributed by atoms with van der Waals surface area (Å²) in [4.78, 5) is 10.4. The lowest BCUT2D eigenvalue weighted by atomic mass is 10.2. The van der Waals surface area contributed by atoms with E-state index in [9.17, 15) is 4.79 Å². The number of ether oxygens (including phenoxy) is 2. The van der Waals surface area contributed by atoms with Crippen molar-refractivity contribution >= 4 is 6.29 Å². The number of rotatable bonds is 2. The Morgan fingerprint density at radius 3 is 2.67 bits per heavy atom. The molecule has 0 aromatic carbocycles. The zero-order valence-corrected chi connectivity index (χ0v) is 7.45. The Kier molecular flexibility index (Phi) is 1.73. The predicted octanol–water partition coefficient (Wildman–Crippen LogP) is 0.973. The van der Waals surface area contributed by atoms with E-state index in [-0.39, 0.29) is 12.0 Å². The molecule has 2 fully saturated rings. The minimum absolute atomic E-state index is 0.148. The van der Waals surface area contributed by atoms with E-state index in [1.165, 1.54) is 0 Å². The van der Waals surface area contributed by atoms with E-state index in [0.717, 1.165) is 12.7 Å². The summed E-state index contributed by atoms with van der Waals surface area (Å²) in [7, 11) is 0. The second-order valence-electron chi connectivity index (χ2n) is 4.07. The molecule has 1 heterocycles.